The minimum Gasteiger partial charge on any atom is -0.462 e. The number of rotatable bonds is 4. The van der Waals surface area contributed by atoms with Gasteiger partial charge in [-0.3, -0.25) is 0 Å². The van der Waals surface area contributed by atoms with Gasteiger partial charge in [-0.25, -0.2) is 4.79 Å². The molecule has 0 aromatic heterocycles. The standard InChI is InChI=1S/C13H16ClNO3/c14-10-6-9(7-11(15)8-10)13(16)18-5-3-12-2-1-4-17-12/h6-8,12H,1-5,15H2. The molecule has 0 bridgehead atoms. The van der Waals surface area contributed by atoms with Crippen molar-refractivity contribution in [1.82, 2.24) is 0 Å². The number of nitrogens with two attached hydrogens (primary N) is 1. The van der Waals surface area contributed by atoms with Crippen LogP contribution in [0, 0.1) is 0 Å². The van der Waals surface area contributed by atoms with Crippen LogP contribution in [-0.4, -0.2) is 25.3 Å². The Labute approximate surface area is 111 Å². The molecule has 0 amide bonds. The molecule has 98 valence electrons. The maximum absolute atomic E-state index is 11.7. The molecule has 2 rings (SSSR count). The van der Waals surface area contributed by atoms with Gasteiger partial charge in [0.05, 0.1) is 18.3 Å². The lowest BCUT2D eigenvalue weighted by atomic mass is 10.2. The van der Waals surface area contributed by atoms with Crippen LogP contribution in [-0.2, 0) is 9.47 Å². The molecular formula is C13H16ClNO3. The van der Waals surface area contributed by atoms with Crippen LogP contribution in [0.15, 0.2) is 18.2 Å². The van der Waals surface area contributed by atoms with Crippen molar-refractivity contribution in [3.63, 3.8) is 0 Å². The number of hydrogen-bond donors (Lipinski definition) is 1. The second kappa shape index (κ2) is 6.07. The summed E-state index contributed by atoms with van der Waals surface area (Å²) in [6, 6.07) is 4.69. The van der Waals surface area contributed by atoms with Crippen LogP contribution in [0.4, 0.5) is 5.69 Å². The fourth-order valence-corrected chi connectivity index (χ4v) is 2.21. The molecule has 2 N–H and O–H groups in total. The minimum atomic E-state index is -0.401. The number of esters is 1. The van der Waals surface area contributed by atoms with E-state index in [1.54, 1.807) is 18.2 Å². The highest BCUT2D eigenvalue weighted by Gasteiger charge is 2.16. The van der Waals surface area contributed by atoms with E-state index in [9.17, 15) is 4.79 Å². The van der Waals surface area contributed by atoms with Gasteiger partial charge in [0.1, 0.15) is 0 Å². The Morgan fingerprint density at radius 3 is 3.00 bits per heavy atom. The number of anilines is 1. The average Bonchev–Trinajstić information content (AvgIpc) is 2.80. The Kier molecular flexibility index (Phi) is 4.44. The van der Waals surface area contributed by atoms with Crippen molar-refractivity contribution >= 4 is 23.3 Å². The van der Waals surface area contributed by atoms with Gasteiger partial charge in [-0.15, -0.1) is 0 Å². The number of nitrogen functional groups attached to an aromatic ring is 1. The average molecular weight is 270 g/mol. The summed E-state index contributed by atoms with van der Waals surface area (Å²) in [7, 11) is 0. The van der Waals surface area contributed by atoms with Crippen LogP contribution in [0.5, 0.6) is 0 Å². The second-order valence-electron chi connectivity index (χ2n) is 4.33. The van der Waals surface area contributed by atoms with Crippen molar-refractivity contribution < 1.29 is 14.3 Å². The fourth-order valence-electron chi connectivity index (χ4n) is 1.97. The van der Waals surface area contributed by atoms with E-state index in [0.717, 1.165) is 25.9 Å². The van der Waals surface area contributed by atoms with E-state index >= 15 is 0 Å². The lowest BCUT2D eigenvalue weighted by Crippen LogP contribution is -2.13. The molecule has 1 aliphatic heterocycles. The van der Waals surface area contributed by atoms with Crippen LogP contribution in [0.3, 0.4) is 0 Å². The molecule has 5 heteroatoms. The number of benzene rings is 1. The van der Waals surface area contributed by atoms with Crippen molar-refractivity contribution in [2.75, 3.05) is 18.9 Å². The first kappa shape index (κ1) is 13.2. The Hall–Kier alpha value is -1.26. The number of carbonyl (C=O) groups is 1. The largest absolute Gasteiger partial charge is 0.462 e. The van der Waals surface area contributed by atoms with Gasteiger partial charge in [-0.05, 0) is 31.0 Å². The topological polar surface area (TPSA) is 61.6 Å². The molecule has 1 aromatic carbocycles. The maximum Gasteiger partial charge on any atom is 0.338 e. The summed E-state index contributed by atoms with van der Waals surface area (Å²) in [5, 5.41) is 0.432. The number of ether oxygens (including phenoxy) is 2. The van der Waals surface area contributed by atoms with Crippen molar-refractivity contribution in [2.45, 2.75) is 25.4 Å². The summed E-state index contributed by atoms with van der Waals surface area (Å²) in [5.74, 6) is -0.401. The van der Waals surface area contributed by atoms with E-state index in [1.165, 1.54) is 0 Å². The monoisotopic (exact) mass is 269 g/mol. The van der Waals surface area contributed by atoms with Crippen LogP contribution in [0.25, 0.3) is 0 Å². The molecule has 1 fully saturated rings. The molecule has 1 saturated heterocycles. The fraction of sp³-hybridized carbons (Fsp3) is 0.462. The molecule has 18 heavy (non-hydrogen) atoms. The van der Waals surface area contributed by atoms with Crippen LogP contribution >= 0.6 is 11.6 Å². The minimum absolute atomic E-state index is 0.224. The van der Waals surface area contributed by atoms with E-state index in [2.05, 4.69) is 0 Å². The summed E-state index contributed by atoms with van der Waals surface area (Å²) in [5.41, 5.74) is 6.45. The molecule has 4 nitrogen and oxygen atoms in total. The third kappa shape index (κ3) is 3.62. The summed E-state index contributed by atoms with van der Waals surface area (Å²) in [4.78, 5) is 11.7. The third-order valence-corrected chi connectivity index (χ3v) is 3.07. The molecule has 0 spiro atoms. The normalized spacial score (nSPS) is 18.8. The predicted octanol–water partition coefficient (Wildman–Crippen LogP) is 2.65. The van der Waals surface area contributed by atoms with Gasteiger partial charge >= 0.3 is 5.97 Å². The lowest BCUT2D eigenvalue weighted by molar-refractivity contribution is 0.0386. The first-order valence-corrected chi connectivity index (χ1v) is 6.38. The Morgan fingerprint density at radius 1 is 1.50 bits per heavy atom. The van der Waals surface area contributed by atoms with Gasteiger partial charge in [0, 0.05) is 23.7 Å². The number of hydrogen-bond acceptors (Lipinski definition) is 4. The summed E-state index contributed by atoms with van der Waals surface area (Å²) >= 11 is 5.82. The molecule has 1 aliphatic rings. The van der Waals surface area contributed by atoms with Gasteiger partial charge in [-0.2, -0.15) is 0 Å². The molecule has 1 heterocycles. The highest BCUT2D eigenvalue weighted by molar-refractivity contribution is 6.31. The quantitative estimate of drug-likeness (QED) is 0.674. The zero-order valence-corrected chi connectivity index (χ0v) is 10.8. The van der Waals surface area contributed by atoms with E-state index in [-0.39, 0.29) is 6.10 Å². The molecule has 0 saturated carbocycles. The second-order valence-corrected chi connectivity index (χ2v) is 4.77. The number of carbonyl (C=O) groups excluding carboxylic acids is 1. The van der Waals surface area contributed by atoms with Crippen molar-refractivity contribution in [3.8, 4) is 0 Å². The molecule has 0 radical (unpaired) electrons. The molecule has 1 unspecified atom stereocenters. The van der Waals surface area contributed by atoms with E-state index in [1.807, 2.05) is 0 Å². The van der Waals surface area contributed by atoms with Crippen LogP contribution < -0.4 is 5.73 Å². The summed E-state index contributed by atoms with van der Waals surface area (Å²) < 4.78 is 10.6. The molecule has 0 aliphatic carbocycles. The maximum atomic E-state index is 11.7. The van der Waals surface area contributed by atoms with Crippen LogP contribution in [0.2, 0.25) is 5.02 Å². The van der Waals surface area contributed by atoms with Crippen molar-refractivity contribution in [3.05, 3.63) is 28.8 Å². The highest BCUT2D eigenvalue weighted by Crippen LogP contribution is 2.18. The third-order valence-electron chi connectivity index (χ3n) is 2.85. The lowest BCUT2D eigenvalue weighted by Gasteiger charge is -2.10. The number of halogens is 1. The Balaban J connectivity index is 1.83. The molecular weight excluding hydrogens is 254 g/mol. The zero-order valence-electron chi connectivity index (χ0n) is 10.0. The predicted molar refractivity (Wildman–Crippen MR) is 69.7 cm³/mol. The van der Waals surface area contributed by atoms with Gasteiger partial charge in [0.25, 0.3) is 0 Å². The first-order chi connectivity index (χ1) is 8.65. The molecule has 1 atom stereocenters. The smallest absolute Gasteiger partial charge is 0.338 e. The SMILES string of the molecule is Nc1cc(Cl)cc(C(=O)OCCC2CCCO2)c1. The first-order valence-electron chi connectivity index (χ1n) is 6.00. The zero-order chi connectivity index (χ0) is 13.0. The van der Waals surface area contributed by atoms with Gasteiger partial charge in [0.2, 0.25) is 0 Å². The van der Waals surface area contributed by atoms with Crippen LogP contribution in [0.1, 0.15) is 29.6 Å². The van der Waals surface area contributed by atoms with E-state index in [0.29, 0.717) is 22.9 Å². The molecule has 1 aromatic rings. The van der Waals surface area contributed by atoms with Gasteiger partial charge < -0.3 is 15.2 Å². The summed E-state index contributed by atoms with van der Waals surface area (Å²) in [6.45, 7) is 1.17. The Morgan fingerprint density at radius 2 is 2.33 bits per heavy atom. The van der Waals surface area contributed by atoms with Gasteiger partial charge in [-0.1, -0.05) is 11.6 Å². The summed E-state index contributed by atoms with van der Waals surface area (Å²) in [6.07, 6.45) is 3.09. The van der Waals surface area contributed by atoms with Crippen molar-refractivity contribution in [1.29, 1.82) is 0 Å². The van der Waals surface area contributed by atoms with E-state index in [4.69, 9.17) is 26.8 Å². The Bertz CT molecular complexity index is 410. The van der Waals surface area contributed by atoms with E-state index < -0.39 is 5.97 Å². The highest BCUT2D eigenvalue weighted by atomic mass is 35.5. The van der Waals surface area contributed by atoms with Crippen molar-refractivity contribution in [2.24, 2.45) is 0 Å². The van der Waals surface area contributed by atoms with Gasteiger partial charge in [0.15, 0.2) is 0 Å².